The van der Waals surface area contributed by atoms with Crippen molar-refractivity contribution in [2.75, 3.05) is 27.4 Å². The van der Waals surface area contributed by atoms with Crippen molar-refractivity contribution in [3.8, 4) is 0 Å². The Hall–Kier alpha value is -3.42. The Bertz CT molecular complexity index is 1590. The van der Waals surface area contributed by atoms with Crippen molar-refractivity contribution < 1.29 is 14.4 Å². The van der Waals surface area contributed by atoms with Crippen LogP contribution in [0.5, 0.6) is 0 Å². The van der Waals surface area contributed by atoms with Crippen LogP contribution >= 0.6 is 23.4 Å². The van der Waals surface area contributed by atoms with Gasteiger partial charge in [-0.25, -0.2) is 5.48 Å². The zero-order valence-electron chi connectivity index (χ0n) is 27.1. The number of likely N-dealkylation sites (N-methyl/N-ethyl adjacent to an activating group) is 1. The van der Waals surface area contributed by atoms with E-state index in [1.165, 1.54) is 11.8 Å². The van der Waals surface area contributed by atoms with Crippen LogP contribution < -0.4 is 27.6 Å². The summed E-state index contributed by atoms with van der Waals surface area (Å²) < 4.78 is 0. The van der Waals surface area contributed by atoms with Crippen molar-refractivity contribution in [3.63, 3.8) is 0 Å². The van der Waals surface area contributed by atoms with Crippen LogP contribution in [-0.2, 0) is 33.9 Å². The minimum absolute atomic E-state index is 0.137. The zero-order chi connectivity index (χ0) is 33.6. The highest BCUT2D eigenvalue weighted by molar-refractivity contribution is 7.99. The molecular weight excluding hydrogens is 634 g/mol. The molecule has 12 heteroatoms. The molecular formula is C35H46ClN7O3S. The number of aryl methyl sites for hydroxylation is 1. The zero-order valence-corrected chi connectivity index (χ0v) is 28.6. The highest BCUT2D eigenvalue weighted by atomic mass is 35.5. The van der Waals surface area contributed by atoms with E-state index in [2.05, 4.69) is 27.2 Å². The Labute approximate surface area is 286 Å². The number of unbranched alkanes of at least 4 members (excludes halogenated alkanes) is 1. The molecule has 2 atom stereocenters. The van der Waals surface area contributed by atoms with Gasteiger partial charge in [0.15, 0.2) is 0 Å². The first-order valence-corrected chi connectivity index (χ1v) is 17.1. The minimum Gasteiger partial charge on any atom is -0.361 e. The number of fused-ring (bicyclic) bond motifs is 1. The molecule has 0 aliphatic carbocycles. The lowest BCUT2D eigenvalue weighted by Crippen LogP contribution is -2.54. The summed E-state index contributed by atoms with van der Waals surface area (Å²) in [7, 11) is 3.35. The molecule has 8 N–H and O–H groups in total. The lowest BCUT2D eigenvalue weighted by atomic mass is 10.0. The van der Waals surface area contributed by atoms with E-state index in [-0.39, 0.29) is 25.1 Å². The van der Waals surface area contributed by atoms with Crippen LogP contribution in [0.15, 0.2) is 82.7 Å². The third-order valence-corrected chi connectivity index (χ3v) is 9.91. The van der Waals surface area contributed by atoms with Gasteiger partial charge in [0, 0.05) is 54.1 Å². The van der Waals surface area contributed by atoms with Crippen LogP contribution in [-0.4, -0.2) is 61.2 Å². The fourth-order valence-electron chi connectivity index (χ4n) is 5.54. The lowest BCUT2D eigenvalue weighted by molar-refractivity contribution is -0.141. The van der Waals surface area contributed by atoms with Gasteiger partial charge in [0.25, 0.3) is 0 Å². The van der Waals surface area contributed by atoms with E-state index in [9.17, 15) is 9.59 Å². The van der Waals surface area contributed by atoms with E-state index < -0.39 is 12.1 Å². The molecule has 4 aromatic rings. The van der Waals surface area contributed by atoms with Gasteiger partial charge in [-0.3, -0.25) is 19.7 Å². The van der Waals surface area contributed by atoms with Gasteiger partial charge in [-0.2, -0.15) is 0 Å². The number of aromatic nitrogens is 1. The number of hydrogen-bond donors (Lipinski definition) is 6. The molecule has 0 bridgehead atoms. The molecule has 252 valence electrons. The van der Waals surface area contributed by atoms with Crippen molar-refractivity contribution in [2.24, 2.45) is 11.5 Å². The van der Waals surface area contributed by atoms with Crippen LogP contribution in [0, 0.1) is 0 Å². The van der Waals surface area contributed by atoms with Gasteiger partial charge in [-0.05, 0) is 67.1 Å². The van der Waals surface area contributed by atoms with Gasteiger partial charge in [0.05, 0.1) is 11.1 Å². The summed E-state index contributed by atoms with van der Waals surface area (Å²) in [6.45, 7) is 1.33. The predicted octanol–water partition coefficient (Wildman–Crippen LogP) is 4.70. The Morgan fingerprint density at radius 2 is 1.74 bits per heavy atom. The van der Waals surface area contributed by atoms with Gasteiger partial charge in [0.2, 0.25) is 11.8 Å². The number of halogens is 1. The Kier molecular flexibility index (Phi) is 14.6. The summed E-state index contributed by atoms with van der Waals surface area (Å²) >= 11 is 8.22. The standard InChI is InChI=1S/C35H46ClN7O3S/c1-39-46-23-42-30(15-7-8-19-37)35(45)43(2)31(18-17-25-21-40-29-14-5-4-12-27(25)29)34(44)41-22-26-11-9-13-28(36)33(26)47-32-16-6-3-10-24(32)20-38/h3-6,9-14,16,21,30-31,39-40,42H,7-8,15,17-20,22-23,37-38H2,1-2H3,(H,41,44)/t30-,31-/m0/s1. The second kappa shape index (κ2) is 18.8. The van der Waals surface area contributed by atoms with Crippen LogP contribution in [0.3, 0.4) is 0 Å². The molecule has 1 heterocycles. The van der Waals surface area contributed by atoms with Crippen molar-refractivity contribution in [3.05, 3.63) is 94.6 Å². The van der Waals surface area contributed by atoms with E-state index >= 15 is 0 Å². The molecule has 10 nitrogen and oxygen atoms in total. The molecule has 0 aliphatic heterocycles. The molecule has 0 fully saturated rings. The summed E-state index contributed by atoms with van der Waals surface area (Å²) in [6, 6.07) is 20.4. The second-order valence-electron chi connectivity index (χ2n) is 11.3. The maximum absolute atomic E-state index is 14.0. The number of hydrogen-bond acceptors (Lipinski definition) is 8. The molecule has 0 saturated heterocycles. The van der Waals surface area contributed by atoms with Gasteiger partial charge >= 0.3 is 0 Å². The van der Waals surface area contributed by atoms with E-state index in [0.717, 1.165) is 50.2 Å². The first-order valence-electron chi connectivity index (χ1n) is 15.9. The average molecular weight is 680 g/mol. The molecule has 3 aromatic carbocycles. The van der Waals surface area contributed by atoms with Crippen LogP contribution in [0.25, 0.3) is 10.9 Å². The van der Waals surface area contributed by atoms with E-state index in [1.807, 2.05) is 66.9 Å². The topological polar surface area (TPSA) is 151 Å². The molecule has 0 radical (unpaired) electrons. The van der Waals surface area contributed by atoms with Crippen LogP contribution in [0.4, 0.5) is 0 Å². The maximum atomic E-state index is 14.0. The van der Waals surface area contributed by atoms with E-state index in [1.54, 1.807) is 19.0 Å². The van der Waals surface area contributed by atoms with E-state index in [0.29, 0.717) is 37.4 Å². The number of H-pyrrole nitrogens is 1. The van der Waals surface area contributed by atoms with Gasteiger partial charge in [-0.1, -0.05) is 78.3 Å². The van der Waals surface area contributed by atoms with Crippen LogP contribution in [0.1, 0.15) is 42.4 Å². The number of aromatic amines is 1. The van der Waals surface area contributed by atoms with Gasteiger partial charge < -0.3 is 26.7 Å². The summed E-state index contributed by atoms with van der Waals surface area (Å²) in [4.78, 5) is 40.0. The summed E-state index contributed by atoms with van der Waals surface area (Å²) in [6.07, 6.45) is 5.13. The maximum Gasteiger partial charge on any atom is 0.243 e. The van der Waals surface area contributed by atoms with Crippen molar-refractivity contribution in [1.82, 2.24) is 26.0 Å². The molecule has 4 rings (SSSR count). The SMILES string of the molecule is CNOCN[C@@H](CCCCN)C(=O)N(C)[C@@H](CCc1c[nH]c2ccccc12)C(=O)NCc1cccc(Cl)c1Sc1ccccc1CN. The number of nitrogens with one attached hydrogen (secondary N) is 4. The third-order valence-electron chi connectivity index (χ3n) is 8.18. The quantitative estimate of drug-likeness (QED) is 0.0474. The number of nitrogens with zero attached hydrogens (tertiary/aromatic N) is 1. The molecule has 0 aliphatic rings. The van der Waals surface area contributed by atoms with Crippen molar-refractivity contribution in [2.45, 2.75) is 67.1 Å². The average Bonchev–Trinajstić information content (AvgIpc) is 3.50. The van der Waals surface area contributed by atoms with Gasteiger partial charge in [-0.15, -0.1) is 0 Å². The second-order valence-corrected chi connectivity index (χ2v) is 12.7. The summed E-state index contributed by atoms with van der Waals surface area (Å²) in [5, 5.41) is 7.98. The Morgan fingerprint density at radius 1 is 0.979 bits per heavy atom. The fraction of sp³-hybridized carbons (Fsp3) is 0.371. The molecule has 1 aromatic heterocycles. The number of rotatable bonds is 19. The molecule has 0 saturated carbocycles. The summed E-state index contributed by atoms with van der Waals surface area (Å²) in [5.41, 5.74) is 18.3. The minimum atomic E-state index is -0.728. The summed E-state index contributed by atoms with van der Waals surface area (Å²) in [5.74, 6) is -0.427. The molecule has 2 amide bonds. The molecule has 47 heavy (non-hydrogen) atoms. The third kappa shape index (κ3) is 10.0. The first kappa shape index (κ1) is 36.4. The monoisotopic (exact) mass is 679 g/mol. The predicted molar refractivity (Wildman–Crippen MR) is 190 cm³/mol. The fourth-order valence-corrected chi connectivity index (χ4v) is 6.94. The highest BCUT2D eigenvalue weighted by Gasteiger charge is 2.31. The number of para-hydroxylation sites is 1. The van der Waals surface area contributed by atoms with Crippen LogP contribution in [0.2, 0.25) is 5.02 Å². The Morgan fingerprint density at radius 3 is 2.53 bits per heavy atom. The number of amides is 2. The smallest absolute Gasteiger partial charge is 0.243 e. The van der Waals surface area contributed by atoms with Gasteiger partial charge in [0.1, 0.15) is 12.8 Å². The molecule has 0 unspecified atom stereocenters. The van der Waals surface area contributed by atoms with Crippen molar-refractivity contribution in [1.29, 1.82) is 0 Å². The number of hydroxylamine groups is 1. The first-order chi connectivity index (χ1) is 22.9. The highest BCUT2D eigenvalue weighted by Crippen LogP contribution is 2.37. The van der Waals surface area contributed by atoms with E-state index in [4.69, 9.17) is 27.9 Å². The number of benzene rings is 3. The number of carbonyl (C=O) groups is 2. The number of carbonyl (C=O) groups excluding carboxylic acids is 2. The number of nitrogens with two attached hydrogens (primary N) is 2. The lowest BCUT2D eigenvalue weighted by Gasteiger charge is -2.31. The normalized spacial score (nSPS) is 12.6. The Balaban J connectivity index is 1.56. The van der Waals surface area contributed by atoms with Crippen molar-refractivity contribution >= 4 is 46.1 Å². The largest absolute Gasteiger partial charge is 0.361 e. The molecule has 0 spiro atoms.